The molecule has 2 nitrogen and oxygen atoms in total. The molecule has 2 N–H and O–H groups in total. The van der Waals surface area contributed by atoms with Crippen molar-refractivity contribution in [2.75, 3.05) is 0 Å². The number of aliphatic hydroxyl groups is 1. The summed E-state index contributed by atoms with van der Waals surface area (Å²) in [6, 6.07) is 4.87. The minimum atomic E-state index is -0.692. The molecule has 0 spiro atoms. The fraction of sp³-hybridized carbons (Fsp3) is 0.333. The third kappa shape index (κ3) is 1.17. The lowest BCUT2D eigenvalue weighted by molar-refractivity contribution is 0.151. The van der Waals surface area contributed by atoms with Crippen LogP contribution in [0.25, 0.3) is 0 Å². The van der Waals surface area contributed by atoms with Gasteiger partial charge in [0.1, 0.15) is 5.75 Å². The lowest BCUT2D eigenvalue weighted by Gasteiger charge is -2.08. The lowest BCUT2D eigenvalue weighted by atomic mass is 10.1. The molecule has 0 unspecified atom stereocenters. The van der Waals surface area contributed by atoms with Crippen molar-refractivity contribution >= 4 is 11.6 Å². The van der Waals surface area contributed by atoms with Gasteiger partial charge in [0, 0.05) is 0 Å². The highest BCUT2D eigenvalue weighted by Gasteiger charge is 2.42. The third-order valence-corrected chi connectivity index (χ3v) is 2.53. The van der Waals surface area contributed by atoms with E-state index in [2.05, 4.69) is 0 Å². The number of aromatic hydroxyl groups is 1. The van der Waals surface area contributed by atoms with Crippen LogP contribution in [0.1, 0.15) is 18.4 Å². The zero-order chi connectivity index (χ0) is 8.77. The van der Waals surface area contributed by atoms with E-state index in [-0.39, 0.29) is 5.75 Å². The second kappa shape index (κ2) is 2.38. The summed E-state index contributed by atoms with van der Waals surface area (Å²) in [5.74, 6) is 0.0366. The van der Waals surface area contributed by atoms with Crippen LogP contribution >= 0.6 is 11.6 Å². The maximum atomic E-state index is 9.66. The van der Waals surface area contributed by atoms with Crippen molar-refractivity contribution in [1.29, 1.82) is 0 Å². The Labute approximate surface area is 75.4 Å². The Morgan fingerprint density at radius 2 is 2.00 bits per heavy atom. The van der Waals surface area contributed by atoms with E-state index < -0.39 is 5.60 Å². The molecule has 0 aliphatic heterocycles. The van der Waals surface area contributed by atoms with E-state index in [1.54, 1.807) is 12.1 Å². The van der Waals surface area contributed by atoms with E-state index in [4.69, 9.17) is 11.6 Å². The topological polar surface area (TPSA) is 40.5 Å². The van der Waals surface area contributed by atoms with Crippen molar-refractivity contribution in [2.24, 2.45) is 0 Å². The van der Waals surface area contributed by atoms with Gasteiger partial charge < -0.3 is 10.2 Å². The molecule has 1 aliphatic carbocycles. The summed E-state index contributed by atoms with van der Waals surface area (Å²) < 4.78 is 0. The minimum Gasteiger partial charge on any atom is -0.506 e. The van der Waals surface area contributed by atoms with Crippen LogP contribution in [0.2, 0.25) is 5.02 Å². The van der Waals surface area contributed by atoms with E-state index in [0.717, 1.165) is 18.4 Å². The second-order valence-corrected chi connectivity index (χ2v) is 3.60. The fourth-order valence-electron chi connectivity index (χ4n) is 1.21. The Bertz CT molecular complexity index is 318. The summed E-state index contributed by atoms with van der Waals surface area (Å²) in [5, 5.41) is 19.2. The van der Waals surface area contributed by atoms with Gasteiger partial charge >= 0.3 is 0 Å². The van der Waals surface area contributed by atoms with E-state index in [1.807, 2.05) is 0 Å². The molecule has 0 atom stereocenters. The zero-order valence-electron chi connectivity index (χ0n) is 6.42. The Hall–Kier alpha value is -0.730. The highest BCUT2D eigenvalue weighted by Crippen LogP contribution is 2.46. The number of hydrogen-bond acceptors (Lipinski definition) is 2. The van der Waals surface area contributed by atoms with Crippen LogP contribution in [0.5, 0.6) is 5.75 Å². The number of hydrogen-bond donors (Lipinski definition) is 2. The number of phenolic OH excluding ortho intramolecular Hbond substituents is 1. The van der Waals surface area contributed by atoms with Gasteiger partial charge in [-0.2, -0.15) is 0 Å². The first kappa shape index (κ1) is 7.90. The van der Waals surface area contributed by atoms with Gasteiger partial charge in [-0.15, -0.1) is 0 Å². The zero-order valence-corrected chi connectivity index (χ0v) is 7.17. The molecule has 1 aromatic rings. The van der Waals surface area contributed by atoms with Gasteiger partial charge in [-0.3, -0.25) is 0 Å². The summed E-state index contributed by atoms with van der Waals surface area (Å²) in [5.41, 5.74) is 0.0617. The lowest BCUT2D eigenvalue weighted by Crippen LogP contribution is -2.03. The van der Waals surface area contributed by atoms with Gasteiger partial charge in [-0.05, 0) is 30.5 Å². The highest BCUT2D eigenvalue weighted by molar-refractivity contribution is 6.32. The number of rotatable bonds is 1. The number of halogens is 1. The first-order chi connectivity index (χ1) is 5.62. The normalized spacial score (nSPS) is 19.2. The average molecular weight is 185 g/mol. The van der Waals surface area contributed by atoms with Crippen molar-refractivity contribution in [3.8, 4) is 5.75 Å². The van der Waals surface area contributed by atoms with Crippen molar-refractivity contribution in [1.82, 2.24) is 0 Å². The molecule has 1 aromatic carbocycles. The summed E-state index contributed by atoms with van der Waals surface area (Å²) in [4.78, 5) is 0. The van der Waals surface area contributed by atoms with E-state index in [9.17, 15) is 10.2 Å². The quantitative estimate of drug-likeness (QED) is 0.701. The molecule has 1 fully saturated rings. The number of phenols is 1. The Morgan fingerprint density at radius 3 is 2.50 bits per heavy atom. The van der Waals surface area contributed by atoms with Crippen LogP contribution < -0.4 is 0 Å². The predicted molar refractivity (Wildman–Crippen MR) is 46.2 cm³/mol. The van der Waals surface area contributed by atoms with E-state index >= 15 is 0 Å². The highest BCUT2D eigenvalue weighted by atomic mass is 35.5. The Balaban J connectivity index is 2.41. The Kier molecular flexibility index (Phi) is 1.56. The predicted octanol–water partition coefficient (Wildman–Crippen LogP) is 2.03. The van der Waals surface area contributed by atoms with Crippen LogP contribution in [-0.4, -0.2) is 10.2 Å². The monoisotopic (exact) mass is 184 g/mol. The molecule has 0 radical (unpaired) electrons. The maximum absolute atomic E-state index is 9.66. The first-order valence-electron chi connectivity index (χ1n) is 3.83. The summed E-state index contributed by atoms with van der Waals surface area (Å²) in [6.07, 6.45) is 1.54. The number of benzene rings is 1. The van der Waals surface area contributed by atoms with Gasteiger partial charge in [0.25, 0.3) is 0 Å². The molecule has 0 amide bonds. The molecule has 64 valence electrons. The molecular weight excluding hydrogens is 176 g/mol. The van der Waals surface area contributed by atoms with Crippen LogP contribution in [0.4, 0.5) is 0 Å². The fourth-order valence-corrected chi connectivity index (χ4v) is 1.33. The summed E-state index contributed by atoms with van der Waals surface area (Å²) in [7, 11) is 0. The molecule has 1 saturated carbocycles. The molecule has 0 bridgehead atoms. The summed E-state index contributed by atoms with van der Waals surface area (Å²) in [6.45, 7) is 0. The largest absolute Gasteiger partial charge is 0.506 e. The first-order valence-corrected chi connectivity index (χ1v) is 4.21. The minimum absolute atomic E-state index is 0.0366. The molecule has 2 rings (SSSR count). The second-order valence-electron chi connectivity index (χ2n) is 3.20. The Morgan fingerprint density at radius 1 is 1.33 bits per heavy atom. The van der Waals surface area contributed by atoms with E-state index in [0.29, 0.717) is 5.02 Å². The van der Waals surface area contributed by atoms with Crippen LogP contribution in [0.3, 0.4) is 0 Å². The molecular formula is C9H9ClO2. The molecule has 0 heterocycles. The molecule has 1 aliphatic rings. The van der Waals surface area contributed by atoms with Gasteiger partial charge in [-0.25, -0.2) is 0 Å². The van der Waals surface area contributed by atoms with Crippen molar-refractivity contribution in [3.63, 3.8) is 0 Å². The SMILES string of the molecule is Oc1cc(C2(O)CC2)ccc1Cl. The van der Waals surface area contributed by atoms with Crippen molar-refractivity contribution in [3.05, 3.63) is 28.8 Å². The molecule has 0 saturated heterocycles. The van der Waals surface area contributed by atoms with Crippen LogP contribution in [-0.2, 0) is 5.60 Å². The smallest absolute Gasteiger partial charge is 0.134 e. The average Bonchev–Trinajstić information content (AvgIpc) is 2.75. The van der Waals surface area contributed by atoms with Gasteiger partial charge in [0.15, 0.2) is 0 Å². The van der Waals surface area contributed by atoms with E-state index in [1.165, 1.54) is 6.07 Å². The van der Waals surface area contributed by atoms with Crippen LogP contribution in [0.15, 0.2) is 18.2 Å². The molecule has 12 heavy (non-hydrogen) atoms. The standard InChI is InChI=1S/C9H9ClO2/c10-7-2-1-6(5-8(7)11)9(12)3-4-9/h1-2,5,11-12H,3-4H2. The molecule has 3 heteroatoms. The van der Waals surface area contributed by atoms with Gasteiger partial charge in [0.05, 0.1) is 10.6 Å². The molecule has 0 aromatic heterocycles. The van der Waals surface area contributed by atoms with Crippen molar-refractivity contribution < 1.29 is 10.2 Å². The maximum Gasteiger partial charge on any atom is 0.134 e. The third-order valence-electron chi connectivity index (χ3n) is 2.21. The van der Waals surface area contributed by atoms with Crippen molar-refractivity contribution in [2.45, 2.75) is 18.4 Å². The van der Waals surface area contributed by atoms with Gasteiger partial charge in [0.2, 0.25) is 0 Å². The van der Waals surface area contributed by atoms with Crippen LogP contribution in [0, 0.1) is 0 Å². The van der Waals surface area contributed by atoms with Gasteiger partial charge in [-0.1, -0.05) is 17.7 Å². The summed E-state index contributed by atoms with van der Waals surface area (Å²) >= 11 is 5.62.